The van der Waals surface area contributed by atoms with E-state index in [4.69, 9.17) is 24.7 Å². The molecule has 0 atom stereocenters. The van der Waals surface area contributed by atoms with Crippen molar-refractivity contribution in [2.24, 2.45) is 5.73 Å². The number of hydrogen-bond donors (Lipinski definition) is 3. The Labute approximate surface area is 204 Å². The van der Waals surface area contributed by atoms with Gasteiger partial charge in [-0.3, -0.25) is 19.2 Å². The number of nitrogens with one attached hydrogen (secondary N) is 2. The number of benzene rings is 1. The number of thiophene rings is 1. The first kappa shape index (κ1) is 27.1. The highest BCUT2D eigenvalue weighted by Crippen LogP contribution is 2.33. The first-order valence-electron chi connectivity index (χ1n) is 10.2. The number of ether oxygens (including phenoxy) is 4. The van der Waals surface area contributed by atoms with E-state index in [2.05, 4.69) is 10.6 Å². The molecule has 0 radical (unpaired) electrons. The van der Waals surface area contributed by atoms with Crippen LogP contribution in [0.1, 0.15) is 42.9 Å². The number of carbonyl (C=O) groups is 5. The lowest BCUT2D eigenvalue weighted by molar-refractivity contribution is -0.146. The number of amides is 3. The molecule has 0 unspecified atom stereocenters. The van der Waals surface area contributed by atoms with Crippen LogP contribution in [0.4, 0.5) is 5.00 Å². The van der Waals surface area contributed by atoms with Gasteiger partial charge in [0.15, 0.2) is 18.1 Å². The molecule has 0 saturated heterocycles. The highest BCUT2D eigenvalue weighted by Gasteiger charge is 2.26. The molecule has 2 aromatic rings. The SMILES string of the molecule is CCOC(=O)c1c(NC(=O)COC(=O)CNC(=O)c2ccc(OC)c(OC)c2)sc(C(N)=O)c1C. The highest BCUT2D eigenvalue weighted by molar-refractivity contribution is 7.18. The fraction of sp³-hybridized carbons (Fsp3) is 0.318. The van der Waals surface area contributed by atoms with Crippen LogP contribution in [0.15, 0.2) is 18.2 Å². The molecule has 0 spiro atoms. The summed E-state index contributed by atoms with van der Waals surface area (Å²) in [6, 6.07) is 4.47. The van der Waals surface area contributed by atoms with Gasteiger partial charge in [0.1, 0.15) is 11.5 Å². The smallest absolute Gasteiger partial charge is 0.341 e. The molecule has 1 heterocycles. The van der Waals surface area contributed by atoms with Gasteiger partial charge in [0.05, 0.1) is 31.3 Å². The van der Waals surface area contributed by atoms with Gasteiger partial charge in [-0.2, -0.15) is 0 Å². The van der Waals surface area contributed by atoms with Crippen LogP contribution in [0, 0.1) is 6.92 Å². The summed E-state index contributed by atoms with van der Waals surface area (Å²) in [6.45, 7) is 1.99. The first-order chi connectivity index (χ1) is 16.6. The number of primary amides is 1. The van der Waals surface area contributed by atoms with Gasteiger partial charge >= 0.3 is 11.9 Å². The molecule has 12 nitrogen and oxygen atoms in total. The van der Waals surface area contributed by atoms with Gasteiger partial charge < -0.3 is 35.3 Å². The van der Waals surface area contributed by atoms with Crippen LogP contribution in [-0.4, -0.2) is 63.6 Å². The lowest BCUT2D eigenvalue weighted by Crippen LogP contribution is -2.32. The van der Waals surface area contributed by atoms with E-state index in [1.54, 1.807) is 6.92 Å². The minimum absolute atomic E-state index is 0.00694. The Hall–Kier alpha value is -4.13. The molecule has 3 amide bonds. The number of esters is 2. The average Bonchev–Trinajstić information content (AvgIpc) is 3.16. The van der Waals surface area contributed by atoms with E-state index in [-0.39, 0.29) is 33.2 Å². The molecule has 0 aliphatic rings. The third kappa shape index (κ3) is 6.93. The summed E-state index contributed by atoms with van der Waals surface area (Å²) in [7, 11) is 2.88. The number of rotatable bonds is 11. The number of carbonyl (C=O) groups excluding carboxylic acids is 5. The summed E-state index contributed by atoms with van der Waals surface area (Å²) in [5.41, 5.74) is 5.80. The van der Waals surface area contributed by atoms with E-state index in [1.807, 2.05) is 0 Å². The minimum atomic E-state index is -0.875. The maximum atomic E-state index is 12.3. The van der Waals surface area contributed by atoms with E-state index < -0.39 is 42.8 Å². The lowest BCUT2D eigenvalue weighted by atomic mass is 10.1. The predicted octanol–water partition coefficient (Wildman–Crippen LogP) is 1.26. The van der Waals surface area contributed by atoms with Crippen LogP contribution in [0.3, 0.4) is 0 Å². The molecule has 1 aromatic heterocycles. The summed E-state index contributed by atoms with van der Waals surface area (Å²) >= 11 is 0.804. The van der Waals surface area contributed by atoms with Crippen LogP contribution >= 0.6 is 11.3 Å². The van der Waals surface area contributed by atoms with Crippen molar-refractivity contribution in [1.29, 1.82) is 0 Å². The van der Waals surface area contributed by atoms with Gasteiger partial charge in [-0.15, -0.1) is 11.3 Å². The fourth-order valence-corrected chi connectivity index (χ4v) is 3.94. The lowest BCUT2D eigenvalue weighted by Gasteiger charge is -2.10. The van der Waals surface area contributed by atoms with E-state index in [0.717, 1.165) is 11.3 Å². The Bertz CT molecular complexity index is 1140. The van der Waals surface area contributed by atoms with Crippen molar-refractivity contribution in [2.75, 3.05) is 39.3 Å². The number of methoxy groups -OCH3 is 2. The summed E-state index contributed by atoms with van der Waals surface area (Å²) in [6.07, 6.45) is 0. The first-order valence-corrected chi connectivity index (χ1v) is 11.0. The normalized spacial score (nSPS) is 10.2. The zero-order valence-electron chi connectivity index (χ0n) is 19.5. The minimum Gasteiger partial charge on any atom is -0.493 e. The van der Waals surface area contributed by atoms with Gasteiger partial charge in [-0.25, -0.2) is 4.79 Å². The van der Waals surface area contributed by atoms with Crippen molar-refractivity contribution in [2.45, 2.75) is 13.8 Å². The van der Waals surface area contributed by atoms with Crippen LogP contribution < -0.4 is 25.8 Å². The Morgan fingerprint density at radius 3 is 2.31 bits per heavy atom. The zero-order chi connectivity index (χ0) is 26.1. The monoisotopic (exact) mass is 507 g/mol. The van der Waals surface area contributed by atoms with Gasteiger partial charge in [-0.05, 0) is 37.6 Å². The third-order valence-electron chi connectivity index (χ3n) is 4.51. The van der Waals surface area contributed by atoms with Crippen molar-refractivity contribution in [3.05, 3.63) is 39.8 Å². The summed E-state index contributed by atoms with van der Waals surface area (Å²) in [5, 5.41) is 4.83. The van der Waals surface area contributed by atoms with E-state index in [1.165, 1.54) is 39.3 Å². The van der Waals surface area contributed by atoms with Crippen molar-refractivity contribution in [3.8, 4) is 11.5 Å². The average molecular weight is 508 g/mol. The molecule has 2 rings (SSSR count). The van der Waals surface area contributed by atoms with E-state index >= 15 is 0 Å². The van der Waals surface area contributed by atoms with Crippen LogP contribution in [0.2, 0.25) is 0 Å². The Morgan fingerprint density at radius 1 is 1.03 bits per heavy atom. The zero-order valence-corrected chi connectivity index (χ0v) is 20.3. The molecule has 0 bridgehead atoms. The van der Waals surface area contributed by atoms with Crippen molar-refractivity contribution >= 4 is 46.0 Å². The number of hydrogen-bond acceptors (Lipinski definition) is 10. The fourth-order valence-electron chi connectivity index (χ4n) is 2.88. The van der Waals surface area contributed by atoms with Crippen molar-refractivity contribution in [1.82, 2.24) is 5.32 Å². The Kier molecular flexibility index (Phi) is 9.58. The van der Waals surface area contributed by atoms with Gasteiger partial charge in [0, 0.05) is 5.56 Å². The van der Waals surface area contributed by atoms with E-state index in [0.29, 0.717) is 11.5 Å². The summed E-state index contributed by atoms with van der Waals surface area (Å²) < 4.78 is 20.1. The third-order valence-corrected chi connectivity index (χ3v) is 5.73. The molecule has 188 valence electrons. The molecular weight excluding hydrogens is 482 g/mol. The van der Waals surface area contributed by atoms with Gasteiger partial charge in [0.2, 0.25) is 0 Å². The maximum absolute atomic E-state index is 12.3. The molecule has 13 heteroatoms. The predicted molar refractivity (Wildman–Crippen MR) is 125 cm³/mol. The topological polar surface area (TPSA) is 172 Å². The highest BCUT2D eigenvalue weighted by atomic mass is 32.1. The molecule has 0 aliphatic carbocycles. The molecular formula is C22H25N3O9S. The van der Waals surface area contributed by atoms with E-state index in [9.17, 15) is 24.0 Å². The standard InChI is InChI=1S/C22H25N3O9S/c1-5-33-22(30)17-11(2)18(19(23)28)35-21(17)25-15(26)10-34-16(27)9-24-20(29)12-6-7-13(31-3)14(8-12)32-4/h6-8H,5,9-10H2,1-4H3,(H2,23,28)(H,24,29)(H,25,26). The molecule has 0 fully saturated rings. The van der Waals surface area contributed by atoms with Crippen molar-refractivity contribution < 1.29 is 42.9 Å². The van der Waals surface area contributed by atoms with Crippen molar-refractivity contribution in [3.63, 3.8) is 0 Å². The summed E-state index contributed by atoms with van der Waals surface area (Å²) in [5.74, 6) is -2.95. The second-order valence-electron chi connectivity index (χ2n) is 6.81. The van der Waals surface area contributed by atoms with Gasteiger partial charge in [0.25, 0.3) is 17.7 Å². The molecule has 35 heavy (non-hydrogen) atoms. The maximum Gasteiger partial charge on any atom is 0.341 e. The van der Waals surface area contributed by atoms with Gasteiger partial charge in [-0.1, -0.05) is 0 Å². The van der Waals surface area contributed by atoms with Crippen LogP contribution in [-0.2, 0) is 19.1 Å². The van der Waals surface area contributed by atoms with Crippen LogP contribution in [0.5, 0.6) is 11.5 Å². The largest absolute Gasteiger partial charge is 0.493 e. The quantitative estimate of drug-likeness (QED) is 0.379. The Morgan fingerprint density at radius 2 is 1.71 bits per heavy atom. The number of nitrogens with two attached hydrogens (primary N) is 1. The summed E-state index contributed by atoms with van der Waals surface area (Å²) in [4.78, 5) is 60.5. The molecule has 1 aromatic carbocycles. The molecule has 0 saturated carbocycles. The van der Waals surface area contributed by atoms with Crippen LogP contribution in [0.25, 0.3) is 0 Å². The second kappa shape index (κ2) is 12.4. The number of anilines is 1. The molecule has 0 aliphatic heterocycles. The second-order valence-corrected chi connectivity index (χ2v) is 7.83. The molecule has 4 N–H and O–H groups in total. The Balaban J connectivity index is 1.94.